The van der Waals surface area contributed by atoms with Gasteiger partial charge < -0.3 is 10.2 Å². The van der Waals surface area contributed by atoms with Crippen LogP contribution in [0.25, 0.3) is 11.0 Å². The fourth-order valence-corrected chi connectivity index (χ4v) is 4.00. The third-order valence-corrected chi connectivity index (χ3v) is 5.52. The summed E-state index contributed by atoms with van der Waals surface area (Å²) in [5.41, 5.74) is 3.44. The minimum Gasteiger partial charge on any atom is -0.317 e. The molecule has 0 atom stereocenters. The fourth-order valence-electron chi connectivity index (χ4n) is 4.00. The number of rotatable bonds is 4. The third-order valence-electron chi connectivity index (χ3n) is 5.52. The maximum Gasteiger partial charge on any atom is 0.113 e. The normalized spacial score (nSPS) is 21.5. The Morgan fingerprint density at radius 1 is 1.08 bits per heavy atom. The molecule has 0 saturated carbocycles. The maximum absolute atomic E-state index is 4.23. The first-order valence-corrected chi connectivity index (χ1v) is 9.22. The number of nitrogens with zero attached hydrogens (tertiary/aromatic N) is 5. The summed E-state index contributed by atoms with van der Waals surface area (Å²) in [5.74, 6) is 0.900. The molecule has 2 fully saturated rings. The molecule has 2 aliphatic heterocycles. The Balaban J connectivity index is 1.29. The average Bonchev–Trinajstić information content (AvgIpc) is 2.98. The van der Waals surface area contributed by atoms with Crippen LogP contribution in [0.5, 0.6) is 0 Å². The van der Waals surface area contributed by atoms with Gasteiger partial charge in [-0.1, -0.05) is 11.3 Å². The zero-order valence-corrected chi connectivity index (χ0v) is 14.6. The van der Waals surface area contributed by atoms with Crippen molar-refractivity contribution in [1.29, 1.82) is 0 Å². The molecule has 2 aromatic rings. The predicted octanol–water partition coefficient (Wildman–Crippen LogP) is 1.09. The molecule has 0 amide bonds. The molecule has 0 spiro atoms. The molecular formula is C18H28N6. The van der Waals surface area contributed by atoms with Crippen LogP contribution >= 0.6 is 0 Å². The summed E-state index contributed by atoms with van der Waals surface area (Å²) in [4.78, 5) is 5.23. The standard InChI is InChI=1S/C18H28N6/c1-22-18-3-2-16(12-17(18)20-21-22)14-24-10-8-23(9-11-24)13-15-4-6-19-7-5-15/h2-3,12,15,19H,4-11,13-14H2,1H3. The van der Waals surface area contributed by atoms with E-state index in [1.54, 1.807) is 0 Å². The largest absolute Gasteiger partial charge is 0.317 e. The average molecular weight is 328 g/mol. The zero-order valence-electron chi connectivity index (χ0n) is 14.6. The van der Waals surface area contributed by atoms with E-state index in [4.69, 9.17) is 0 Å². The quantitative estimate of drug-likeness (QED) is 0.910. The fraction of sp³-hybridized carbons (Fsp3) is 0.667. The second-order valence-corrected chi connectivity index (χ2v) is 7.31. The number of aromatic nitrogens is 3. The number of piperazine rings is 1. The Hall–Kier alpha value is -1.50. The highest BCUT2D eigenvalue weighted by Gasteiger charge is 2.21. The van der Waals surface area contributed by atoms with Gasteiger partial charge in [0.25, 0.3) is 0 Å². The number of benzene rings is 1. The molecule has 3 heterocycles. The van der Waals surface area contributed by atoms with Crippen molar-refractivity contribution >= 4 is 11.0 Å². The van der Waals surface area contributed by atoms with E-state index < -0.39 is 0 Å². The molecule has 4 rings (SSSR count). The Bertz CT molecular complexity index is 667. The van der Waals surface area contributed by atoms with Gasteiger partial charge in [0, 0.05) is 46.3 Å². The van der Waals surface area contributed by atoms with Gasteiger partial charge in [0.1, 0.15) is 5.52 Å². The van der Waals surface area contributed by atoms with E-state index in [1.165, 1.54) is 64.2 Å². The Kier molecular flexibility index (Phi) is 4.78. The van der Waals surface area contributed by atoms with E-state index >= 15 is 0 Å². The van der Waals surface area contributed by atoms with Crippen LogP contribution in [0.15, 0.2) is 18.2 Å². The van der Waals surface area contributed by atoms with E-state index in [9.17, 15) is 0 Å². The van der Waals surface area contributed by atoms with Gasteiger partial charge in [-0.2, -0.15) is 0 Å². The number of fused-ring (bicyclic) bond motifs is 1. The summed E-state index contributed by atoms with van der Waals surface area (Å²) in [6.07, 6.45) is 2.69. The lowest BCUT2D eigenvalue weighted by molar-refractivity contribution is 0.107. The highest BCUT2D eigenvalue weighted by Crippen LogP contribution is 2.17. The van der Waals surface area contributed by atoms with E-state index in [0.29, 0.717) is 0 Å². The van der Waals surface area contributed by atoms with Crippen LogP contribution in [0, 0.1) is 5.92 Å². The molecule has 6 heteroatoms. The zero-order chi connectivity index (χ0) is 16.4. The van der Waals surface area contributed by atoms with Crippen LogP contribution in [0.2, 0.25) is 0 Å². The number of aryl methyl sites for hydroxylation is 1. The van der Waals surface area contributed by atoms with Crippen molar-refractivity contribution in [2.45, 2.75) is 19.4 Å². The molecule has 24 heavy (non-hydrogen) atoms. The Morgan fingerprint density at radius 2 is 1.83 bits per heavy atom. The molecule has 0 unspecified atom stereocenters. The molecule has 2 saturated heterocycles. The van der Waals surface area contributed by atoms with Crippen LogP contribution in [0.1, 0.15) is 18.4 Å². The topological polar surface area (TPSA) is 49.2 Å². The number of nitrogens with one attached hydrogen (secondary N) is 1. The monoisotopic (exact) mass is 328 g/mol. The molecule has 1 aromatic heterocycles. The Labute approximate surface area is 143 Å². The van der Waals surface area contributed by atoms with Crippen LogP contribution < -0.4 is 5.32 Å². The predicted molar refractivity (Wildman–Crippen MR) is 95.8 cm³/mol. The number of piperidine rings is 1. The molecule has 1 N–H and O–H groups in total. The summed E-state index contributed by atoms with van der Waals surface area (Å²) in [5, 5.41) is 11.8. The smallest absolute Gasteiger partial charge is 0.113 e. The molecule has 2 aliphatic rings. The molecule has 0 radical (unpaired) electrons. The lowest BCUT2D eigenvalue weighted by Crippen LogP contribution is -2.48. The second kappa shape index (κ2) is 7.17. The van der Waals surface area contributed by atoms with Gasteiger partial charge >= 0.3 is 0 Å². The summed E-state index contributed by atoms with van der Waals surface area (Å²) in [7, 11) is 1.94. The lowest BCUT2D eigenvalue weighted by Gasteiger charge is -2.37. The van der Waals surface area contributed by atoms with Crippen molar-refractivity contribution in [2.75, 3.05) is 45.8 Å². The van der Waals surface area contributed by atoms with Gasteiger partial charge in [-0.15, -0.1) is 5.10 Å². The molecular weight excluding hydrogens is 300 g/mol. The van der Waals surface area contributed by atoms with Crippen LogP contribution in [0.3, 0.4) is 0 Å². The minimum absolute atomic E-state index is 0.900. The number of hydrogen-bond donors (Lipinski definition) is 1. The molecule has 6 nitrogen and oxygen atoms in total. The van der Waals surface area contributed by atoms with Crippen molar-refractivity contribution < 1.29 is 0 Å². The van der Waals surface area contributed by atoms with Crippen molar-refractivity contribution in [3.8, 4) is 0 Å². The van der Waals surface area contributed by atoms with E-state index in [1.807, 2.05) is 11.7 Å². The number of hydrogen-bond acceptors (Lipinski definition) is 5. The van der Waals surface area contributed by atoms with Gasteiger partial charge in [0.05, 0.1) is 5.52 Å². The van der Waals surface area contributed by atoms with Crippen molar-refractivity contribution in [1.82, 2.24) is 30.1 Å². The second-order valence-electron chi connectivity index (χ2n) is 7.31. The van der Waals surface area contributed by atoms with Crippen molar-refractivity contribution in [2.24, 2.45) is 13.0 Å². The molecule has 0 bridgehead atoms. The van der Waals surface area contributed by atoms with Crippen LogP contribution in [-0.2, 0) is 13.6 Å². The summed E-state index contributed by atoms with van der Waals surface area (Å²) in [6.45, 7) is 9.47. The van der Waals surface area contributed by atoms with E-state index in [2.05, 4.69) is 43.6 Å². The molecule has 1 aromatic carbocycles. The minimum atomic E-state index is 0.900. The highest BCUT2D eigenvalue weighted by atomic mass is 15.4. The lowest BCUT2D eigenvalue weighted by atomic mass is 9.97. The SMILES string of the molecule is Cn1nnc2cc(CN3CCN(CC4CCNCC4)CC3)ccc21. The van der Waals surface area contributed by atoms with Crippen LogP contribution in [0.4, 0.5) is 0 Å². The highest BCUT2D eigenvalue weighted by molar-refractivity contribution is 5.74. The summed E-state index contributed by atoms with van der Waals surface area (Å²) >= 11 is 0. The van der Waals surface area contributed by atoms with Gasteiger partial charge in [-0.25, -0.2) is 4.68 Å². The van der Waals surface area contributed by atoms with Gasteiger partial charge in [-0.05, 0) is 49.5 Å². The van der Waals surface area contributed by atoms with Gasteiger partial charge in [-0.3, -0.25) is 4.90 Å². The molecule has 130 valence electrons. The van der Waals surface area contributed by atoms with Gasteiger partial charge in [0.15, 0.2) is 0 Å². The first kappa shape index (κ1) is 16.0. The van der Waals surface area contributed by atoms with E-state index in [-0.39, 0.29) is 0 Å². The Morgan fingerprint density at radius 3 is 2.62 bits per heavy atom. The first-order chi connectivity index (χ1) is 11.8. The van der Waals surface area contributed by atoms with Crippen LogP contribution in [-0.4, -0.2) is 70.6 Å². The van der Waals surface area contributed by atoms with Crippen molar-refractivity contribution in [3.63, 3.8) is 0 Å². The third kappa shape index (κ3) is 3.61. The maximum atomic E-state index is 4.23. The molecule has 0 aliphatic carbocycles. The first-order valence-electron chi connectivity index (χ1n) is 9.22. The summed E-state index contributed by atoms with van der Waals surface area (Å²) < 4.78 is 1.83. The van der Waals surface area contributed by atoms with E-state index in [0.717, 1.165) is 23.5 Å². The van der Waals surface area contributed by atoms with Crippen molar-refractivity contribution in [3.05, 3.63) is 23.8 Å². The van der Waals surface area contributed by atoms with Gasteiger partial charge in [0.2, 0.25) is 0 Å². The summed E-state index contributed by atoms with van der Waals surface area (Å²) in [6, 6.07) is 6.54.